The molecule has 1 saturated heterocycles. The maximum absolute atomic E-state index is 7.49. The summed E-state index contributed by atoms with van der Waals surface area (Å²) in [6.07, 6.45) is 0. The molecule has 0 atom stereocenters. The van der Waals surface area contributed by atoms with Crippen molar-refractivity contribution in [3.63, 3.8) is 0 Å². The van der Waals surface area contributed by atoms with Crippen molar-refractivity contribution in [2.45, 2.75) is 84.4 Å². The Morgan fingerprint density at radius 3 is 2.12 bits per heavy atom. The molecule has 0 spiro atoms. The molecule has 6 heteroatoms. The Hall–Kier alpha value is -1.13. The van der Waals surface area contributed by atoms with Gasteiger partial charge in [0.2, 0.25) is 0 Å². The van der Waals surface area contributed by atoms with E-state index in [0.717, 1.165) is 11.0 Å². The van der Waals surface area contributed by atoms with E-state index in [4.69, 9.17) is 20.3 Å². The van der Waals surface area contributed by atoms with Gasteiger partial charge in [-0.05, 0) is 56.9 Å². The summed E-state index contributed by atoms with van der Waals surface area (Å²) in [4.78, 5) is 3.66. The molecule has 0 saturated carbocycles. The van der Waals surface area contributed by atoms with Crippen LogP contribution in [0.2, 0.25) is 18.1 Å². The van der Waals surface area contributed by atoms with Gasteiger partial charge in [-0.1, -0.05) is 39.0 Å². The Labute approximate surface area is 160 Å². The van der Waals surface area contributed by atoms with Gasteiger partial charge in [0, 0.05) is 0 Å². The highest BCUT2D eigenvalue weighted by Gasteiger charge is 2.52. The minimum Gasteiger partial charge on any atom is -0.413 e. The first-order chi connectivity index (χ1) is 11.7. The van der Waals surface area contributed by atoms with Gasteiger partial charge in [0.05, 0.1) is 24.4 Å². The lowest BCUT2D eigenvalue weighted by molar-refractivity contribution is 0.00578. The Balaban J connectivity index is 2.27. The molecule has 1 aromatic carbocycles. The van der Waals surface area contributed by atoms with Gasteiger partial charge in [-0.15, -0.1) is 0 Å². The summed E-state index contributed by atoms with van der Waals surface area (Å²) in [5, 5.41) is 0.165. The Kier molecular flexibility index (Phi) is 5.53. The third kappa shape index (κ3) is 4.07. The van der Waals surface area contributed by atoms with Crippen molar-refractivity contribution in [2.75, 3.05) is 0 Å². The summed E-state index contributed by atoms with van der Waals surface area (Å²) in [6, 6.07) is 5.82. The maximum atomic E-state index is 7.49. The predicted octanol–water partition coefficient (Wildman–Crippen LogP) is 5.06. The van der Waals surface area contributed by atoms with Crippen LogP contribution in [-0.2, 0) is 20.3 Å². The molecule has 2 rings (SSSR count). The minimum atomic E-state index is -1.83. The Bertz CT molecular complexity index is 701. The number of rotatable bonds is 4. The standard InChI is InChI=1S/C20H32BNO3Si/c1-18(2,3)26(9,10)23-14-15-11-12-17(22-8)16(13-15)21-24-19(4,5)20(6,7)25-21/h11-13H,14H2,1-7,9-10H3. The quantitative estimate of drug-likeness (QED) is 0.546. The summed E-state index contributed by atoms with van der Waals surface area (Å²) in [7, 11) is -2.36. The molecular formula is C20H32BNO3Si. The molecule has 1 fully saturated rings. The smallest absolute Gasteiger partial charge is 0.413 e. The third-order valence-electron chi connectivity index (χ3n) is 6.13. The van der Waals surface area contributed by atoms with E-state index >= 15 is 0 Å². The number of hydrogen-bond acceptors (Lipinski definition) is 3. The van der Waals surface area contributed by atoms with Crippen molar-refractivity contribution in [1.82, 2.24) is 0 Å². The first-order valence-corrected chi connectivity index (χ1v) is 12.1. The summed E-state index contributed by atoms with van der Waals surface area (Å²) >= 11 is 0. The average Bonchev–Trinajstić information content (AvgIpc) is 2.72. The van der Waals surface area contributed by atoms with Crippen molar-refractivity contribution in [1.29, 1.82) is 0 Å². The van der Waals surface area contributed by atoms with Crippen molar-refractivity contribution in [3.05, 3.63) is 35.2 Å². The molecule has 0 unspecified atom stereocenters. The fourth-order valence-corrected chi connectivity index (χ4v) is 3.40. The molecule has 0 aromatic heterocycles. The van der Waals surface area contributed by atoms with Gasteiger partial charge in [0.25, 0.3) is 0 Å². The third-order valence-corrected chi connectivity index (χ3v) is 10.6. The molecule has 0 N–H and O–H groups in total. The fraction of sp³-hybridized carbons (Fsp3) is 0.650. The van der Waals surface area contributed by atoms with Crippen molar-refractivity contribution >= 4 is 26.6 Å². The maximum Gasteiger partial charge on any atom is 0.483 e. The molecule has 0 amide bonds. The van der Waals surface area contributed by atoms with E-state index in [9.17, 15) is 0 Å². The highest BCUT2D eigenvalue weighted by Crippen LogP contribution is 2.38. The minimum absolute atomic E-state index is 0.165. The monoisotopic (exact) mass is 373 g/mol. The Morgan fingerprint density at radius 1 is 1.12 bits per heavy atom. The largest absolute Gasteiger partial charge is 0.483 e. The highest BCUT2D eigenvalue weighted by molar-refractivity contribution is 6.74. The van der Waals surface area contributed by atoms with Crippen molar-refractivity contribution < 1.29 is 13.7 Å². The van der Waals surface area contributed by atoms with E-state index in [-0.39, 0.29) is 5.04 Å². The van der Waals surface area contributed by atoms with Crippen LogP contribution < -0.4 is 5.46 Å². The van der Waals surface area contributed by atoms with Crippen LogP contribution in [0.3, 0.4) is 0 Å². The van der Waals surface area contributed by atoms with E-state index in [2.05, 4.69) is 38.7 Å². The second kappa shape index (κ2) is 6.79. The van der Waals surface area contributed by atoms with Crippen LogP contribution in [0.15, 0.2) is 18.2 Å². The molecule has 0 aliphatic carbocycles. The van der Waals surface area contributed by atoms with Gasteiger partial charge < -0.3 is 13.7 Å². The topological polar surface area (TPSA) is 32.0 Å². The predicted molar refractivity (Wildman–Crippen MR) is 110 cm³/mol. The van der Waals surface area contributed by atoms with E-state index in [0.29, 0.717) is 12.3 Å². The van der Waals surface area contributed by atoms with E-state index in [1.165, 1.54) is 0 Å². The summed E-state index contributed by atoms with van der Waals surface area (Å²) in [5.74, 6) is 0. The molecule has 1 aliphatic heterocycles. The molecule has 1 heterocycles. The van der Waals surface area contributed by atoms with E-state index < -0.39 is 26.6 Å². The van der Waals surface area contributed by atoms with Crippen LogP contribution in [0.25, 0.3) is 4.85 Å². The zero-order chi connectivity index (χ0) is 20.0. The molecule has 0 radical (unpaired) electrons. The normalized spacial score (nSPS) is 19.5. The molecule has 4 nitrogen and oxygen atoms in total. The van der Waals surface area contributed by atoms with E-state index in [1.807, 2.05) is 45.9 Å². The van der Waals surface area contributed by atoms with Gasteiger partial charge in [-0.2, -0.15) is 0 Å². The summed E-state index contributed by atoms with van der Waals surface area (Å²) in [5.41, 5.74) is 1.55. The van der Waals surface area contributed by atoms with E-state index in [1.54, 1.807) is 0 Å². The SMILES string of the molecule is [C-]#[N+]c1ccc(CO[Si](C)(C)C(C)(C)C)cc1B1OC(C)(C)C(C)(C)O1. The number of hydrogen-bond donors (Lipinski definition) is 0. The molecule has 0 bridgehead atoms. The first kappa shape index (κ1) is 21.2. The first-order valence-electron chi connectivity index (χ1n) is 9.20. The molecular weight excluding hydrogens is 341 g/mol. The van der Waals surface area contributed by atoms with Gasteiger partial charge in [0.1, 0.15) is 0 Å². The van der Waals surface area contributed by atoms with Crippen LogP contribution in [0.5, 0.6) is 0 Å². The molecule has 142 valence electrons. The van der Waals surface area contributed by atoms with Crippen molar-refractivity contribution in [3.8, 4) is 0 Å². The van der Waals surface area contributed by atoms with Gasteiger partial charge in [-0.25, -0.2) is 4.85 Å². The summed E-state index contributed by atoms with van der Waals surface area (Å²) < 4.78 is 18.6. The zero-order valence-corrected chi connectivity index (χ0v) is 18.7. The second-order valence-corrected chi connectivity index (χ2v) is 14.5. The van der Waals surface area contributed by atoms with Gasteiger partial charge in [-0.3, -0.25) is 0 Å². The van der Waals surface area contributed by atoms with Crippen LogP contribution >= 0.6 is 0 Å². The van der Waals surface area contributed by atoms with Crippen LogP contribution in [-0.4, -0.2) is 26.6 Å². The molecule has 1 aromatic rings. The number of benzene rings is 1. The Morgan fingerprint density at radius 2 is 1.65 bits per heavy atom. The van der Waals surface area contributed by atoms with Crippen molar-refractivity contribution in [2.24, 2.45) is 0 Å². The zero-order valence-electron chi connectivity index (χ0n) is 17.7. The molecule has 26 heavy (non-hydrogen) atoms. The average molecular weight is 373 g/mol. The van der Waals surface area contributed by atoms with Gasteiger partial charge in [0.15, 0.2) is 14.0 Å². The lowest BCUT2D eigenvalue weighted by Crippen LogP contribution is -2.41. The summed E-state index contributed by atoms with van der Waals surface area (Å²) in [6.45, 7) is 27.3. The molecule has 1 aliphatic rings. The van der Waals surface area contributed by atoms with Crippen LogP contribution in [0.1, 0.15) is 54.0 Å². The lowest BCUT2D eigenvalue weighted by Gasteiger charge is -2.36. The number of nitrogens with zero attached hydrogens (tertiary/aromatic N) is 1. The van der Waals surface area contributed by atoms with Crippen LogP contribution in [0.4, 0.5) is 5.69 Å². The second-order valence-electron chi connectivity index (χ2n) is 9.64. The highest BCUT2D eigenvalue weighted by atomic mass is 28.4. The van der Waals surface area contributed by atoms with Gasteiger partial charge >= 0.3 is 7.12 Å². The van der Waals surface area contributed by atoms with Crippen LogP contribution in [0, 0.1) is 6.57 Å². The lowest BCUT2D eigenvalue weighted by atomic mass is 9.77. The fourth-order valence-electron chi connectivity index (χ4n) is 2.43.